The number of fused-ring (bicyclic) bond motifs is 1. The molecule has 0 radical (unpaired) electrons. The van der Waals surface area contributed by atoms with E-state index in [1.807, 2.05) is 0 Å². The van der Waals surface area contributed by atoms with Gasteiger partial charge in [0.2, 0.25) is 0 Å². The lowest BCUT2D eigenvalue weighted by atomic mass is 9.99. The Bertz CT molecular complexity index is 923. The van der Waals surface area contributed by atoms with E-state index in [0.29, 0.717) is 21.8 Å². The van der Waals surface area contributed by atoms with Crippen LogP contribution in [0, 0.1) is 21.4 Å². The number of anilines is 1. The molecule has 0 bridgehead atoms. The molecule has 0 spiro atoms. The first-order chi connectivity index (χ1) is 11.9. The molecule has 7 nitrogen and oxygen atoms in total. The van der Waals surface area contributed by atoms with Gasteiger partial charge in [-0.3, -0.25) is 19.8 Å². The smallest absolute Gasteiger partial charge is 0.273 e. The van der Waals surface area contributed by atoms with E-state index in [1.165, 1.54) is 23.1 Å². The van der Waals surface area contributed by atoms with Crippen LogP contribution in [0.2, 0.25) is 5.02 Å². The lowest BCUT2D eigenvalue weighted by Gasteiger charge is -2.34. The van der Waals surface area contributed by atoms with Crippen molar-refractivity contribution in [3.63, 3.8) is 0 Å². The maximum Gasteiger partial charge on any atom is 0.273 e. The van der Waals surface area contributed by atoms with E-state index >= 15 is 0 Å². The highest BCUT2D eigenvalue weighted by atomic mass is 35.5. The number of carbonyl (C=O) groups is 1. The molecule has 0 N–H and O–H groups in total. The largest absolute Gasteiger partial charge is 0.481 e. The van der Waals surface area contributed by atoms with E-state index in [9.17, 15) is 20.2 Å². The zero-order chi connectivity index (χ0) is 18.1. The number of carbonyl (C=O) groups excluding carboxylic acids is 1. The maximum absolute atomic E-state index is 12.4. The number of rotatable bonds is 3. The summed E-state index contributed by atoms with van der Waals surface area (Å²) >= 11 is 6.04. The molecule has 0 aliphatic carbocycles. The lowest BCUT2D eigenvalue weighted by Crippen LogP contribution is -2.40. The zero-order valence-electron chi connectivity index (χ0n) is 13.1. The van der Waals surface area contributed by atoms with Gasteiger partial charge in [-0.2, -0.15) is 5.26 Å². The number of nitro groups is 1. The molecular weight excluding hydrogens is 346 g/mol. The number of nitro benzene ring substituents is 1. The minimum atomic E-state index is -0.529. The van der Waals surface area contributed by atoms with Crippen LogP contribution < -0.4 is 9.64 Å². The fourth-order valence-corrected chi connectivity index (χ4v) is 3.00. The van der Waals surface area contributed by atoms with Crippen LogP contribution in [0.5, 0.6) is 5.75 Å². The molecule has 8 heteroatoms. The summed E-state index contributed by atoms with van der Waals surface area (Å²) in [5.41, 5.74) is 1.29. The Morgan fingerprint density at radius 1 is 1.36 bits per heavy atom. The normalized spacial score (nSPS) is 14.3. The number of hydrogen-bond donors (Lipinski definition) is 0. The Hall–Kier alpha value is -3.11. The summed E-state index contributed by atoms with van der Waals surface area (Å²) < 4.78 is 5.34. The first kappa shape index (κ1) is 16.7. The van der Waals surface area contributed by atoms with E-state index in [0.717, 1.165) is 0 Å². The molecule has 2 aromatic carbocycles. The van der Waals surface area contributed by atoms with Crippen molar-refractivity contribution < 1.29 is 14.5 Å². The molecule has 0 fully saturated rings. The average Bonchev–Trinajstić information content (AvgIpc) is 2.60. The van der Waals surface area contributed by atoms with Crippen LogP contribution in [0.3, 0.4) is 0 Å². The summed E-state index contributed by atoms with van der Waals surface area (Å²) in [6.07, 6.45) is 0. The van der Waals surface area contributed by atoms with Crippen molar-refractivity contribution in [1.82, 2.24) is 0 Å². The molecule has 0 saturated heterocycles. The Morgan fingerprint density at radius 2 is 2.12 bits per heavy atom. The molecule has 1 heterocycles. The number of ether oxygens (including phenoxy) is 1. The van der Waals surface area contributed by atoms with Gasteiger partial charge in [0.25, 0.3) is 11.6 Å². The van der Waals surface area contributed by atoms with Gasteiger partial charge >= 0.3 is 0 Å². The van der Waals surface area contributed by atoms with E-state index in [4.69, 9.17) is 16.3 Å². The zero-order valence-corrected chi connectivity index (χ0v) is 13.9. The summed E-state index contributed by atoms with van der Waals surface area (Å²) in [5, 5.41) is 20.7. The monoisotopic (exact) mass is 357 g/mol. The van der Waals surface area contributed by atoms with Crippen LogP contribution in [0.1, 0.15) is 24.1 Å². The fourth-order valence-electron chi connectivity index (χ4n) is 2.82. The molecule has 1 unspecified atom stereocenters. The number of halogens is 1. The second-order valence-corrected chi connectivity index (χ2v) is 5.92. The van der Waals surface area contributed by atoms with Crippen molar-refractivity contribution in [1.29, 1.82) is 5.26 Å². The van der Waals surface area contributed by atoms with Gasteiger partial charge in [-0.05, 0) is 36.8 Å². The van der Waals surface area contributed by atoms with Crippen molar-refractivity contribution in [3.05, 3.63) is 62.7 Å². The molecule has 0 saturated carbocycles. The fraction of sp³-hybridized carbons (Fsp3) is 0.176. The molecule has 1 atom stereocenters. The van der Waals surface area contributed by atoms with Gasteiger partial charge in [0.15, 0.2) is 12.4 Å². The van der Waals surface area contributed by atoms with Gasteiger partial charge in [-0.1, -0.05) is 11.6 Å². The Kier molecular flexibility index (Phi) is 4.30. The molecule has 1 aliphatic heterocycles. The van der Waals surface area contributed by atoms with Crippen LogP contribution in [0.4, 0.5) is 11.4 Å². The molecule has 25 heavy (non-hydrogen) atoms. The van der Waals surface area contributed by atoms with Crippen molar-refractivity contribution >= 4 is 28.9 Å². The molecule has 1 aliphatic rings. The number of nitrogens with zero attached hydrogens (tertiary/aromatic N) is 3. The van der Waals surface area contributed by atoms with Crippen LogP contribution >= 0.6 is 11.6 Å². The number of amides is 1. The number of hydrogen-bond acceptors (Lipinski definition) is 5. The number of benzene rings is 2. The highest BCUT2D eigenvalue weighted by Gasteiger charge is 2.32. The molecular formula is C17H12ClN3O4. The second kappa shape index (κ2) is 6.42. The van der Waals surface area contributed by atoms with E-state index in [1.54, 1.807) is 25.1 Å². The topological polar surface area (TPSA) is 96.5 Å². The number of non-ortho nitro benzene ring substituents is 1. The summed E-state index contributed by atoms with van der Waals surface area (Å²) in [4.78, 5) is 24.3. The van der Waals surface area contributed by atoms with Crippen LogP contribution in [0.25, 0.3) is 0 Å². The average molecular weight is 358 g/mol. The molecule has 3 rings (SSSR count). The highest BCUT2D eigenvalue weighted by Crippen LogP contribution is 2.40. The second-order valence-electron chi connectivity index (χ2n) is 5.48. The summed E-state index contributed by atoms with van der Waals surface area (Å²) in [6.45, 7) is 1.53. The molecule has 1 amide bonds. The van der Waals surface area contributed by atoms with E-state index in [-0.39, 0.29) is 24.0 Å². The van der Waals surface area contributed by atoms with Crippen LogP contribution in [0.15, 0.2) is 36.4 Å². The van der Waals surface area contributed by atoms with Gasteiger partial charge in [0.05, 0.1) is 34.4 Å². The van der Waals surface area contributed by atoms with Crippen LogP contribution in [-0.4, -0.2) is 17.4 Å². The van der Waals surface area contributed by atoms with Crippen molar-refractivity contribution in [2.45, 2.75) is 13.0 Å². The first-order valence-electron chi connectivity index (χ1n) is 7.35. The van der Waals surface area contributed by atoms with Gasteiger partial charge in [0.1, 0.15) is 0 Å². The maximum atomic E-state index is 12.4. The SMILES string of the molecule is CC(c1cc(Cl)ccc1C#N)N1C(=O)COc2cc([N+](=O)[O-])ccc21. The molecule has 2 aromatic rings. The minimum absolute atomic E-state index is 0.124. The predicted molar refractivity (Wildman–Crippen MR) is 90.7 cm³/mol. The van der Waals surface area contributed by atoms with E-state index in [2.05, 4.69) is 6.07 Å². The van der Waals surface area contributed by atoms with Crippen molar-refractivity contribution in [3.8, 4) is 11.8 Å². The lowest BCUT2D eigenvalue weighted by molar-refractivity contribution is -0.384. The highest BCUT2D eigenvalue weighted by molar-refractivity contribution is 6.30. The third-order valence-electron chi connectivity index (χ3n) is 4.01. The van der Waals surface area contributed by atoms with E-state index < -0.39 is 11.0 Å². The number of nitriles is 1. The van der Waals surface area contributed by atoms with Crippen molar-refractivity contribution in [2.24, 2.45) is 0 Å². The van der Waals surface area contributed by atoms with Gasteiger partial charge in [-0.25, -0.2) is 0 Å². The van der Waals surface area contributed by atoms with Gasteiger partial charge in [-0.15, -0.1) is 0 Å². The standard InChI is InChI=1S/C17H12ClN3O4/c1-10(14-6-12(18)3-2-11(14)8-19)20-15-5-4-13(21(23)24)7-16(15)25-9-17(20)22/h2-7,10H,9H2,1H3. The van der Waals surface area contributed by atoms with Gasteiger partial charge in [0, 0.05) is 11.1 Å². The van der Waals surface area contributed by atoms with Crippen LogP contribution in [-0.2, 0) is 4.79 Å². The third kappa shape index (κ3) is 2.99. The Morgan fingerprint density at radius 3 is 2.80 bits per heavy atom. The Labute approximate surface area is 148 Å². The third-order valence-corrected chi connectivity index (χ3v) is 4.24. The predicted octanol–water partition coefficient (Wildman–Crippen LogP) is 3.61. The van der Waals surface area contributed by atoms with Crippen molar-refractivity contribution in [2.75, 3.05) is 11.5 Å². The first-order valence-corrected chi connectivity index (χ1v) is 7.73. The Balaban J connectivity index is 2.09. The summed E-state index contributed by atoms with van der Waals surface area (Å²) in [7, 11) is 0. The summed E-state index contributed by atoms with van der Waals surface area (Å²) in [5.74, 6) is -0.0566. The van der Waals surface area contributed by atoms with Gasteiger partial charge < -0.3 is 4.74 Å². The summed E-state index contributed by atoms with van der Waals surface area (Å²) in [6, 6.07) is 10.5. The molecule has 0 aromatic heterocycles. The molecule has 126 valence electrons. The minimum Gasteiger partial charge on any atom is -0.481 e. The quantitative estimate of drug-likeness (QED) is 0.617.